The second-order valence-electron chi connectivity index (χ2n) is 4.28. The fourth-order valence-corrected chi connectivity index (χ4v) is 2.82. The Morgan fingerprint density at radius 3 is 2.29 bits per heavy atom. The molecule has 1 aromatic carbocycles. The summed E-state index contributed by atoms with van der Waals surface area (Å²) in [7, 11) is 3.23. The minimum Gasteiger partial charge on any atom is -0.496 e. The van der Waals surface area contributed by atoms with Crippen molar-refractivity contribution in [3.63, 3.8) is 0 Å². The zero-order valence-electron chi connectivity index (χ0n) is 12.0. The molecular weight excluding hydrogens is 310 g/mol. The van der Waals surface area contributed by atoms with Crippen LogP contribution in [0.5, 0.6) is 17.2 Å². The van der Waals surface area contributed by atoms with E-state index in [1.807, 2.05) is 30.3 Å². The zero-order chi connectivity index (χ0) is 15.1. The minimum absolute atomic E-state index is 0.565. The van der Waals surface area contributed by atoms with Gasteiger partial charge in [-0.15, -0.1) is 11.3 Å². The summed E-state index contributed by atoms with van der Waals surface area (Å²) in [5.74, 6) is 2.16. The van der Waals surface area contributed by atoms with Crippen molar-refractivity contribution >= 4 is 22.9 Å². The number of rotatable bonds is 8. The highest BCUT2D eigenvalue weighted by molar-refractivity contribution is 7.16. The first-order valence-electron chi connectivity index (χ1n) is 6.52. The van der Waals surface area contributed by atoms with E-state index in [0.717, 1.165) is 23.2 Å². The van der Waals surface area contributed by atoms with Crippen LogP contribution < -0.4 is 19.5 Å². The Kier molecular flexibility index (Phi) is 6.17. The lowest BCUT2D eigenvalue weighted by molar-refractivity contribution is 0.308. The van der Waals surface area contributed by atoms with Crippen LogP contribution in [0.1, 0.15) is 4.88 Å². The molecule has 0 aliphatic heterocycles. The van der Waals surface area contributed by atoms with Crippen LogP contribution in [0.2, 0.25) is 4.34 Å². The molecule has 0 radical (unpaired) electrons. The first kappa shape index (κ1) is 15.9. The normalized spacial score (nSPS) is 10.4. The van der Waals surface area contributed by atoms with Crippen LogP contribution in [0.15, 0.2) is 30.3 Å². The van der Waals surface area contributed by atoms with Crippen LogP contribution in [0, 0.1) is 0 Å². The van der Waals surface area contributed by atoms with Gasteiger partial charge in [0.25, 0.3) is 0 Å². The van der Waals surface area contributed by atoms with Crippen molar-refractivity contribution in [3.05, 3.63) is 39.5 Å². The highest BCUT2D eigenvalue weighted by atomic mass is 35.5. The van der Waals surface area contributed by atoms with Crippen LogP contribution >= 0.6 is 22.9 Å². The van der Waals surface area contributed by atoms with Gasteiger partial charge >= 0.3 is 0 Å². The Morgan fingerprint density at radius 2 is 1.71 bits per heavy atom. The lowest BCUT2D eigenvalue weighted by Crippen LogP contribution is -2.20. The third-order valence-electron chi connectivity index (χ3n) is 2.80. The summed E-state index contributed by atoms with van der Waals surface area (Å²) in [5.41, 5.74) is 0. The summed E-state index contributed by atoms with van der Waals surface area (Å²) < 4.78 is 16.9. The molecule has 0 fully saturated rings. The smallest absolute Gasteiger partial charge is 0.126 e. The quantitative estimate of drug-likeness (QED) is 0.752. The van der Waals surface area contributed by atoms with Crippen LogP contribution in [-0.2, 0) is 6.54 Å². The number of nitrogens with one attached hydrogen (secondary N) is 1. The maximum absolute atomic E-state index is 5.88. The predicted octanol–water partition coefficient (Wildman–Crippen LogP) is 3.59. The van der Waals surface area contributed by atoms with E-state index in [1.165, 1.54) is 4.88 Å². The van der Waals surface area contributed by atoms with E-state index in [2.05, 4.69) is 5.32 Å². The number of ether oxygens (including phenoxy) is 3. The summed E-state index contributed by atoms with van der Waals surface area (Å²) in [6.07, 6.45) is 0. The molecule has 1 aromatic heterocycles. The molecule has 0 saturated carbocycles. The molecule has 1 N–H and O–H groups in total. The van der Waals surface area contributed by atoms with E-state index in [0.29, 0.717) is 18.1 Å². The fourth-order valence-electron chi connectivity index (χ4n) is 1.76. The molecule has 0 spiro atoms. The number of benzene rings is 1. The maximum atomic E-state index is 5.88. The molecule has 4 nitrogen and oxygen atoms in total. The molecule has 0 aliphatic carbocycles. The molecule has 0 amide bonds. The molecular formula is C15H18ClNO3S. The van der Waals surface area contributed by atoms with Crippen molar-refractivity contribution in [2.24, 2.45) is 0 Å². The summed E-state index contributed by atoms with van der Waals surface area (Å²) in [5, 5.41) is 3.31. The first-order chi connectivity index (χ1) is 10.2. The highest BCUT2D eigenvalue weighted by Crippen LogP contribution is 2.27. The van der Waals surface area contributed by atoms with Gasteiger partial charge in [0.05, 0.1) is 18.6 Å². The second kappa shape index (κ2) is 8.12. The van der Waals surface area contributed by atoms with E-state index in [-0.39, 0.29) is 0 Å². The molecule has 21 heavy (non-hydrogen) atoms. The van der Waals surface area contributed by atoms with Crippen molar-refractivity contribution in [1.82, 2.24) is 5.32 Å². The topological polar surface area (TPSA) is 39.7 Å². The maximum Gasteiger partial charge on any atom is 0.126 e. The Labute approximate surface area is 133 Å². The lowest BCUT2D eigenvalue weighted by Gasteiger charge is -2.10. The highest BCUT2D eigenvalue weighted by Gasteiger charge is 2.03. The number of halogens is 1. The van der Waals surface area contributed by atoms with Gasteiger partial charge in [-0.25, -0.2) is 0 Å². The molecule has 0 atom stereocenters. The first-order valence-corrected chi connectivity index (χ1v) is 7.71. The number of hydrogen-bond donors (Lipinski definition) is 1. The SMILES string of the molecule is COc1cc(OC)cc(OCCNCc2ccc(Cl)s2)c1. The van der Waals surface area contributed by atoms with E-state index >= 15 is 0 Å². The predicted molar refractivity (Wildman–Crippen MR) is 86.1 cm³/mol. The van der Waals surface area contributed by atoms with Crippen molar-refractivity contribution in [2.45, 2.75) is 6.54 Å². The van der Waals surface area contributed by atoms with E-state index in [1.54, 1.807) is 25.6 Å². The van der Waals surface area contributed by atoms with Gasteiger partial charge in [0.1, 0.15) is 23.9 Å². The van der Waals surface area contributed by atoms with Crippen molar-refractivity contribution < 1.29 is 14.2 Å². The van der Waals surface area contributed by atoms with E-state index in [9.17, 15) is 0 Å². The molecule has 2 rings (SSSR count). The third-order valence-corrected chi connectivity index (χ3v) is 4.03. The largest absolute Gasteiger partial charge is 0.496 e. The monoisotopic (exact) mass is 327 g/mol. The Balaban J connectivity index is 1.75. The van der Waals surface area contributed by atoms with Crippen LogP contribution in [0.4, 0.5) is 0 Å². The molecule has 0 saturated heterocycles. The molecule has 6 heteroatoms. The number of thiophene rings is 1. The van der Waals surface area contributed by atoms with Gasteiger partial charge in [0, 0.05) is 36.2 Å². The van der Waals surface area contributed by atoms with Crippen molar-refractivity contribution in [2.75, 3.05) is 27.4 Å². The average molecular weight is 328 g/mol. The summed E-state index contributed by atoms with van der Waals surface area (Å²) in [4.78, 5) is 1.21. The zero-order valence-corrected chi connectivity index (χ0v) is 13.6. The summed E-state index contributed by atoms with van der Waals surface area (Å²) >= 11 is 7.46. The Morgan fingerprint density at radius 1 is 1.05 bits per heavy atom. The Hall–Kier alpha value is -1.43. The van der Waals surface area contributed by atoms with Crippen molar-refractivity contribution in [3.8, 4) is 17.2 Å². The second-order valence-corrected chi connectivity index (χ2v) is 6.08. The molecule has 1 heterocycles. The standard InChI is InChI=1S/C15H18ClNO3S/c1-18-11-7-12(19-2)9-13(8-11)20-6-5-17-10-14-3-4-15(16)21-14/h3-4,7-9,17H,5-6,10H2,1-2H3. The number of methoxy groups -OCH3 is 2. The van der Waals surface area contributed by atoms with Crippen LogP contribution in [0.25, 0.3) is 0 Å². The van der Waals surface area contributed by atoms with Gasteiger partial charge in [-0.1, -0.05) is 11.6 Å². The molecule has 2 aromatic rings. The van der Waals surface area contributed by atoms with Gasteiger partial charge < -0.3 is 19.5 Å². The molecule has 0 aliphatic rings. The Bertz CT molecular complexity index is 552. The van der Waals surface area contributed by atoms with Gasteiger partial charge in [0.15, 0.2) is 0 Å². The lowest BCUT2D eigenvalue weighted by atomic mass is 10.3. The van der Waals surface area contributed by atoms with E-state index < -0.39 is 0 Å². The van der Waals surface area contributed by atoms with Gasteiger partial charge in [-0.05, 0) is 12.1 Å². The molecule has 114 valence electrons. The van der Waals surface area contributed by atoms with Gasteiger partial charge in [-0.2, -0.15) is 0 Å². The van der Waals surface area contributed by atoms with E-state index in [4.69, 9.17) is 25.8 Å². The summed E-state index contributed by atoms with van der Waals surface area (Å²) in [6.45, 7) is 2.10. The van der Waals surface area contributed by atoms with Crippen LogP contribution in [0.3, 0.4) is 0 Å². The fraction of sp³-hybridized carbons (Fsp3) is 0.333. The minimum atomic E-state index is 0.565. The third kappa shape index (κ3) is 5.12. The summed E-state index contributed by atoms with van der Waals surface area (Å²) in [6, 6.07) is 9.41. The van der Waals surface area contributed by atoms with Gasteiger partial charge in [-0.3, -0.25) is 0 Å². The van der Waals surface area contributed by atoms with Gasteiger partial charge in [0.2, 0.25) is 0 Å². The number of hydrogen-bond acceptors (Lipinski definition) is 5. The van der Waals surface area contributed by atoms with Crippen LogP contribution in [-0.4, -0.2) is 27.4 Å². The average Bonchev–Trinajstić information content (AvgIpc) is 2.92. The molecule has 0 unspecified atom stereocenters. The molecule has 0 bridgehead atoms. The van der Waals surface area contributed by atoms with Crippen molar-refractivity contribution in [1.29, 1.82) is 0 Å².